The lowest BCUT2D eigenvalue weighted by molar-refractivity contribution is 0.0154. The third kappa shape index (κ3) is 4.12. The van der Waals surface area contributed by atoms with Crippen LogP contribution in [0.4, 0.5) is 0 Å². The molecule has 0 amide bonds. The highest BCUT2D eigenvalue weighted by Crippen LogP contribution is 2.32. The molecule has 20 heavy (non-hydrogen) atoms. The van der Waals surface area contributed by atoms with Gasteiger partial charge in [0.2, 0.25) is 0 Å². The van der Waals surface area contributed by atoms with Gasteiger partial charge < -0.3 is 20.6 Å². The van der Waals surface area contributed by atoms with Crippen LogP contribution >= 0.6 is 11.3 Å². The SMILES string of the molecule is CC(C)NCC(O)COC1C(=N)CCCc2sccc21. The van der Waals surface area contributed by atoms with Crippen LogP contribution in [-0.2, 0) is 11.2 Å². The summed E-state index contributed by atoms with van der Waals surface area (Å²) in [6, 6.07) is 2.41. The molecule has 1 aliphatic rings. The Bertz CT molecular complexity index is 445. The first-order valence-corrected chi connectivity index (χ1v) is 8.12. The third-order valence-corrected chi connectivity index (χ3v) is 4.44. The fourth-order valence-corrected chi connectivity index (χ4v) is 3.33. The summed E-state index contributed by atoms with van der Waals surface area (Å²) < 4.78 is 5.85. The van der Waals surface area contributed by atoms with Crippen molar-refractivity contribution in [3.05, 3.63) is 21.9 Å². The zero-order valence-electron chi connectivity index (χ0n) is 12.2. The van der Waals surface area contributed by atoms with Gasteiger partial charge in [0.25, 0.3) is 0 Å². The minimum Gasteiger partial charge on any atom is -0.389 e. The molecule has 2 unspecified atom stereocenters. The van der Waals surface area contributed by atoms with Crippen molar-refractivity contribution in [1.29, 1.82) is 5.41 Å². The Morgan fingerprint density at radius 3 is 3.05 bits per heavy atom. The van der Waals surface area contributed by atoms with E-state index in [-0.39, 0.29) is 12.7 Å². The quantitative estimate of drug-likeness (QED) is 0.707. The third-order valence-electron chi connectivity index (χ3n) is 3.45. The van der Waals surface area contributed by atoms with Gasteiger partial charge in [-0.05, 0) is 30.7 Å². The zero-order valence-corrected chi connectivity index (χ0v) is 13.0. The number of aryl methyl sites for hydroxylation is 1. The van der Waals surface area contributed by atoms with Gasteiger partial charge in [0, 0.05) is 28.7 Å². The molecular formula is C15H24N2O2S. The Kier molecular flexibility index (Phi) is 5.72. The number of fused-ring (bicyclic) bond motifs is 1. The highest BCUT2D eigenvalue weighted by Gasteiger charge is 2.25. The summed E-state index contributed by atoms with van der Waals surface area (Å²) >= 11 is 1.74. The van der Waals surface area contributed by atoms with Crippen LogP contribution in [0.1, 0.15) is 43.2 Å². The molecule has 1 aromatic rings. The number of nitrogens with one attached hydrogen (secondary N) is 2. The molecule has 0 spiro atoms. The standard InChI is InChI=1S/C15H24N2O2S/c1-10(2)17-8-11(18)9-19-15-12-6-7-20-14(12)5-3-4-13(15)16/h6-7,10-11,15-18H,3-5,8-9H2,1-2H3. The minimum absolute atomic E-state index is 0.266. The van der Waals surface area contributed by atoms with Crippen LogP contribution in [0.15, 0.2) is 11.4 Å². The molecule has 0 radical (unpaired) electrons. The highest BCUT2D eigenvalue weighted by atomic mass is 32.1. The maximum Gasteiger partial charge on any atom is 0.121 e. The van der Waals surface area contributed by atoms with E-state index in [4.69, 9.17) is 10.1 Å². The van der Waals surface area contributed by atoms with E-state index in [1.54, 1.807) is 11.3 Å². The second-order valence-corrected chi connectivity index (χ2v) is 6.61. The van der Waals surface area contributed by atoms with Gasteiger partial charge in [-0.3, -0.25) is 0 Å². The van der Waals surface area contributed by atoms with Gasteiger partial charge in [-0.2, -0.15) is 0 Å². The van der Waals surface area contributed by atoms with E-state index in [0.29, 0.717) is 18.3 Å². The van der Waals surface area contributed by atoms with Crippen molar-refractivity contribution in [1.82, 2.24) is 5.32 Å². The summed E-state index contributed by atoms with van der Waals surface area (Å²) in [5, 5.41) is 23.3. The Balaban J connectivity index is 1.92. The lowest BCUT2D eigenvalue weighted by Crippen LogP contribution is -2.35. The fourth-order valence-electron chi connectivity index (χ4n) is 2.37. The largest absolute Gasteiger partial charge is 0.389 e. The van der Waals surface area contributed by atoms with Crippen molar-refractivity contribution in [2.24, 2.45) is 0 Å². The van der Waals surface area contributed by atoms with E-state index in [1.165, 1.54) is 4.88 Å². The van der Waals surface area contributed by atoms with Crippen LogP contribution in [0.25, 0.3) is 0 Å². The maximum atomic E-state index is 9.93. The molecule has 0 saturated heterocycles. The summed E-state index contributed by atoms with van der Waals surface area (Å²) in [5.74, 6) is 0. The predicted molar refractivity (Wildman–Crippen MR) is 82.8 cm³/mol. The summed E-state index contributed by atoms with van der Waals surface area (Å²) in [4.78, 5) is 1.33. The first kappa shape index (κ1) is 15.6. The van der Waals surface area contributed by atoms with Crippen molar-refractivity contribution in [3.8, 4) is 0 Å². The van der Waals surface area contributed by atoms with Crippen molar-refractivity contribution in [2.75, 3.05) is 13.2 Å². The molecule has 0 aliphatic heterocycles. The monoisotopic (exact) mass is 296 g/mol. The Hall–Kier alpha value is -0.750. The number of aliphatic hydroxyl groups excluding tert-OH is 1. The topological polar surface area (TPSA) is 65.3 Å². The molecule has 1 heterocycles. The van der Waals surface area contributed by atoms with Crippen LogP contribution in [0.5, 0.6) is 0 Å². The van der Waals surface area contributed by atoms with E-state index >= 15 is 0 Å². The van der Waals surface area contributed by atoms with E-state index < -0.39 is 6.10 Å². The van der Waals surface area contributed by atoms with Crippen LogP contribution in [-0.4, -0.2) is 36.1 Å². The lowest BCUT2D eigenvalue weighted by Gasteiger charge is -2.20. The summed E-state index contributed by atoms with van der Waals surface area (Å²) in [6.07, 6.45) is 2.03. The molecule has 3 N–H and O–H groups in total. The molecular weight excluding hydrogens is 272 g/mol. The number of hydrogen-bond donors (Lipinski definition) is 3. The van der Waals surface area contributed by atoms with Crippen LogP contribution in [0.2, 0.25) is 0 Å². The molecule has 0 fully saturated rings. The molecule has 0 bridgehead atoms. The minimum atomic E-state index is -0.532. The molecule has 2 rings (SSSR count). The molecule has 1 aromatic heterocycles. The highest BCUT2D eigenvalue weighted by molar-refractivity contribution is 7.10. The molecule has 1 aliphatic carbocycles. The number of hydrogen-bond acceptors (Lipinski definition) is 5. The van der Waals surface area contributed by atoms with Gasteiger partial charge in [-0.15, -0.1) is 11.3 Å². The Labute approximate surface area is 124 Å². The first-order valence-electron chi connectivity index (χ1n) is 7.24. The van der Waals surface area contributed by atoms with Gasteiger partial charge >= 0.3 is 0 Å². The van der Waals surface area contributed by atoms with Crippen molar-refractivity contribution < 1.29 is 9.84 Å². The molecule has 5 heteroatoms. The smallest absolute Gasteiger partial charge is 0.121 e. The van der Waals surface area contributed by atoms with Crippen molar-refractivity contribution >= 4 is 17.0 Å². The lowest BCUT2D eigenvalue weighted by atomic mass is 10.1. The van der Waals surface area contributed by atoms with E-state index in [1.807, 2.05) is 13.8 Å². The molecule has 0 aromatic carbocycles. The molecule has 0 saturated carbocycles. The second kappa shape index (κ2) is 7.31. The average molecular weight is 296 g/mol. The van der Waals surface area contributed by atoms with Gasteiger partial charge in [-0.1, -0.05) is 13.8 Å². The van der Waals surface area contributed by atoms with E-state index in [0.717, 1.165) is 24.8 Å². The number of thiophene rings is 1. The van der Waals surface area contributed by atoms with Crippen molar-refractivity contribution in [2.45, 2.75) is 51.4 Å². The van der Waals surface area contributed by atoms with Gasteiger partial charge in [0.15, 0.2) is 0 Å². The van der Waals surface area contributed by atoms with Gasteiger partial charge in [0.05, 0.1) is 12.7 Å². The zero-order chi connectivity index (χ0) is 14.5. The Morgan fingerprint density at radius 2 is 2.30 bits per heavy atom. The van der Waals surface area contributed by atoms with Gasteiger partial charge in [0.1, 0.15) is 6.10 Å². The maximum absolute atomic E-state index is 9.93. The predicted octanol–water partition coefficient (Wildman–Crippen LogP) is 2.52. The summed E-state index contributed by atoms with van der Waals surface area (Å²) in [6.45, 7) is 4.88. The number of rotatable bonds is 6. The fraction of sp³-hybridized carbons (Fsp3) is 0.667. The second-order valence-electron chi connectivity index (χ2n) is 5.61. The van der Waals surface area contributed by atoms with Crippen molar-refractivity contribution in [3.63, 3.8) is 0 Å². The van der Waals surface area contributed by atoms with E-state index in [9.17, 15) is 5.11 Å². The summed E-state index contributed by atoms with van der Waals surface area (Å²) in [7, 11) is 0. The van der Waals surface area contributed by atoms with Crippen LogP contribution in [0, 0.1) is 5.41 Å². The Morgan fingerprint density at radius 1 is 1.50 bits per heavy atom. The normalized spacial score (nSPS) is 20.8. The number of aliphatic hydroxyl groups is 1. The van der Waals surface area contributed by atoms with Gasteiger partial charge in [-0.25, -0.2) is 0 Å². The number of ether oxygens (including phenoxy) is 1. The molecule has 2 atom stereocenters. The summed E-state index contributed by atoms with van der Waals surface area (Å²) in [5.41, 5.74) is 1.76. The average Bonchev–Trinajstić information content (AvgIpc) is 2.79. The van der Waals surface area contributed by atoms with Crippen LogP contribution in [0.3, 0.4) is 0 Å². The first-order chi connectivity index (χ1) is 9.58. The van der Waals surface area contributed by atoms with Crippen LogP contribution < -0.4 is 5.32 Å². The molecule has 112 valence electrons. The molecule has 4 nitrogen and oxygen atoms in total. The van der Waals surface area contributed by atoms with E-state index in [2.05, 4.69) is 16.8 Å².